The highest BCUT2D eigenvalue weighted by Crippen LogP contribution is 2.32. The van der Waals surface area contributed by atoms with Crippen LogP contribution in [0.3, 0.4) is 0 Å². The number of rotatable bonds is 7. The first kappa shape index (κ1) is 16.9. The smallest absolute Gasteiger partial charge is 0.305 e. The number of carbonyl (C=O) groups is 2. The number of benzene rings is 1. The summed E-state index contributed by atoms with van der Waals surface area (Å²) in [5.41, 5.74) is 0.620. The average Bonchev–Trinajstić information content (AvgIpc) is 3.07. The second kappa shape index (κ2) is 7.67. The Morgan fingerprint density at radius 2 is 1.96 bits per heavy atom. The summed E-state index contributed by atoms with van der Waals surface area (Å²) in [7, 11) is 3.04. The van der Waals surface area contributed by atoms with Gasteiger partial charge < -0.3 is 19.9 Å². The van der Waals surface area contributed by atoms with Crippen LogP contribution in [0.25, 0.3) is 0 Å². The highest BCUT2D eigenvalue weighted by atomic mass is 16.5. The summed E-state index contributed by atoms with van der Waals surface area (Å²) in [6.07, 6.45) is 5.08. The predicted octanol–water partition coefficient (Wildman–Crippen LogP) is 2.30. The second-order valence-corrected chi connectivity index (χ2v) is 5.41. The monoisotopic (exact) mass is 319 g/mol. The molecule has 0 bridgehead atoms. The molecule has 1 aliphatic rings. The molecular weight excluding hydrogens is 298 g/mol. The number of carboxylic acid groups (broad SMARTS) is 1. The van der Waals surface area contributed by atoms with Crippen molar-refractivity contribution in [2.75, 3.05) is 14.2 Å². The van der Waals surface area contributed by atoms with Crippen LogP contribution in [0.2, 0.25) is 0 Å². The van der Waals surface area contributed by atoms with E-state index in [9.17, 15) is 9.59 Å². The summed E-state index contributed by atoms with van der Waals surface area (Å²) in [5.74, 6) is -0.168. The third-order valence-corrected chi connectivity index (χ3v) is 3.89. The third-order valence-electron chi connectivity index (χ3n) is 3.89. The fourth-order valence-corrected chi connectivity index (χ4v) is 2.64. The predicted molar refractivity (Wildman–Crippen MR) is 84.5 cm³/mol. The largest absolute Gasteiger partial charge is 0.497 e. The zero-order chi connectivity index (χ0) is 16.8. The molecule has 1 aliphatic carbocycles. The number of amides is 1. The van der Waals surface area contributed by atoms with E-state index in [4.69, 9.17) is 14.6 Å². The summed E-state index contributed by atoms with van der Waals surface area (Å²) in [4.78, 5) is 23.5. The quantitative estimate of drug-likeness (QED) is 0.753. The summed E-state index contributed by atoms with van der Waals surface area (Å²) in [6.45, 7) is 0. The lowest BCUT2D eigenvalue weighted by atomic mass is 10.00. The molecule has 124 valence electrons. The molecule has 0 radical (unpaired) electrons. The third kappa shape index (κ3) is 4.25. The lowest BCUT2D eigenvalue weighted by Crippen LogP contribution is -2.34. The van der Waals surface area contributed by atoms with Gasteiger partial charge in [0.15, 0.2) is 0 Å². The van der Waals surface area contributed by atoms with Crippen LogP contribution in [0, 0.1) is 5.92 Å². The van der Waals surface area contributed by atoms with E-state index in [0.29, 0.717) is 29.9 Å². The first-order valence-corrected chi connectivity index (χ1v) is 7.44. The zero-order valence-electron chi connectivity index (χ0n) is 13.2. The Kier molecular flexibility index (Phi) is 5.62. The first-order chi connectivity index (χ1) is 11.0. The van der Waals surface area contributed by atoms with Crippen LogP contribution in [-0.4, -0.2) is 31.2 Å². The van der Waals surface area contributed by atoms with E-state index < -0.39 is 12.0 Å². The maximum Gasteiger partial charge on any atom is 0.305 e. The fraction of sp³-hybridized carbons (Fsp3) is 0.412. The first-order valence-electron chi connectivity index (χ1n) is 7.44. The van der Waals surface area contributed by atoms with Gasteiger partial charge in [-0.3, -0.25) is 9.59 Å². The Labute approximate surface area is 135 Å². The molecule has 0 fully saturated rings. The van der Waals surface area contributed by atoms with Gasteiger partial charge in [0, 0.05) is 17.5 Å². The molecule has 0 aliphatic heterocycles. The van der Waals surface area contributed by atoms with Gasteiger partial charge in [0.25, 0.3) is 0 Å². The lowest BCUT2D eigenvalue weighted by molar-refractivity contribution is -0.137. The number of methoxy groups -OCH3 is 2. The van der Waals surface area contributed by atoms with Crippen molar-refractivity contribution in [3.05, 3.63) is 35.9 Å². The Bertz CT molecular complexity index is 603. The maximum atomic E-state index is 12.3. The molecule has 23 heavy (non-hydrogen) atoms. The molecule has 1 atom stereocenters. The van der Waals surface area contributed by atoms with Gasteiger partial charge in [-0.15, -0.1) is 0 Å². The Balaban J connectivity index is 2.23. The van der Waals surface area contributed by atoms with Crippen LogP contribution >= 0.6 is 0 Å². The Morgan fingerprint density at radius 1 is 1.26 bits per heavy atom. The Hall–Kier alpha value is -2.50. The molecule has 0 saturated heterocycles. The number of carbonyl (C=O) groups excluding carboxylic acids is 1. The fourth-order valence-electron chi connectivity index (χ4n) is 2.64. The standard InChI is InChI=1S/C17H21NO5/c1-22-12-7-8-13(15(9-12)23-2)14(10-16(19)20)18-17(21)11-5-3-4-6-11/h3-4,7-9,11,14H,5-6,10H2,1-2H3,(H,18,21)(H,19,20). The number of hydrogen-bond donors (Lipinski definition) is 2. The zero-order valence-corrected chi connectivity index (χ0v) is 13.2. The van der Waals surface area contributed by atoms with Crippen molar-refractivity contribution in [2.45, 2.75) is 25.3 Å². The van der Waals surface area contributed by atoms with E-state index in [2.05, 4.69) is 5.32 Å². The molecule has 0 saturated carbocycles. The molecule has 1 aromatic carbocycles. The van der Waals surface area contributed by atoms with Gasteiger partial charge in [0.1, 0.15) is 11.5 Å². The number of carboxylic acids is 1. The minimum Gasteiger partial charge on any atom is -0.497 e. The van der Waals surface area contributed by atoms with Gasteiger partial charge in [-0.25, -0.2) is 0 Å². The van der Waals surface area contributed by atoms with Crippen LogP contribution in [-0.2, 0) is 9.59 Å². The van der Waals surface area contributed by atoms with Crippen molar-refractivity contribution in [1.82, 2.24) is 5.32 Å². The molecule has 2 N–H and O–H groups in total. The highest BCUT2D eigenvalue weighted by molar-refractivity contribution is 5.81. The second-order valence-electron chi connectivity index (χ2n) is 5.41. The number of allylic oxidation sites excluding steroid dienone is 2. The maximum absolute atomic E-state index is 12.3. The number of ether oxygens (including phenoxy) is 2. The molecule has 0 heterocycles. The SMILES string of the molecule is COc1ccc(C(CC(=O)O)NC(=O)C2CC=CC2)c(OC)c1. The van der Waals surface area contributed by atoms with Crippen molar-refractivity contribution in [3.8, 4) is 11.5 Å². The lowest BCUT2D eigenvalue weighted by Gasteiger charge is -2.22. The van der Waals surface area contributed by atoms with E-state index in [1.807, 2.05) is 12.2 Å². The topological polar surface area (TPSA) is 84.9 Å². The number of aliphatic carboxylic acids is 1. The molecule has 0 aromatic heterocycles. The minimum atomic E-state index is -0.988. The molecule has 1 unspecified atom stereocenters. The molecular formula is C17H21NO5. The van der Waals surface area contributed by atoms with E-state index in [-0.39, 0.29) is 18.2 Å². The van der Waals surface area contributed by atoms with Crippen molar-refractivity contribution >= 4 is 11.9 Å². The van der Waals surface area contributed by atoms with Gasteiger partial charge in [0.2, 0.25) is 5.91 Å². The van der Waals surface area contributed by atoms with E-state index in [0.717, 1.165) is 0 Å². The molecule has 1 aromatic rings. The van der Waals surface area contributed by atoms with Crippen LogP contribution in [0.4, 0.5) is 0 Å². The van der Waals surface area contributed by atoms with Gasteiger partial charge >= 0.3 is 5.97 Å². The van der Waals surface area contributed by atoms with Gasteiger partial charge in [-0.1, -0.05) is 12.2 Å². The number of hydrogen-bond acceptors (Lipinski definition) is 4. The van der Waals surface area contributed by atoms with Crippen molar-refractivity contribution < 1.29 is 24.2 Å². The van der Waals surface area contributed by atoms with Crippen LogP contribution in [0.1, 0.15) is 30.9 Å². The summed E-state index contributed by atoms with van der Waals surface area (Å²) < 4.78 is 10.5. The highest BCUT2D eigenvalue weighted by Gasteiger charge is 2.26. The summed E-state index contributed by atoms with van der Waals surface area (Å²) >= 11 is 0. The van der Waals surface area contributed by atoms with Crippen LogP contribution in [0.15, 0.2) is 30.4 Å². The van der Waals surface area contributed by atoms with Gasteiger partial charge in [-0.05, 0) is 25.0 Å². The van der Waals surface area contributed by atoms with Crippen molar-refractivity contribution in [2.24, 2.45) is 5.92 Å². The van der Waals surface area contributed by atoms with Gasteiger partial charge in [-0.2, -0.15) is 0 Å². The van der Waals surface area contributed by atoms with Crippen molar-refractivity contribution in [1.29, 1.82) is 0 Å². The van der Waals surface area contributed by atoms with E-state index in [1.165, 1.54) is 14.2 Å². The summed E-state index contributed by atoms with van der Waals surface area (Å²) in [5, 5.41) is 12.0. The Morgan fingerprint density at radius 3 is 2.52 bits per heavy atom. The molecule has 2 rings (SSSR count). The molecule has 6 heteroatoms. The van der Waals surface area contributed by atoms with Gasteiger partial charge in [0.05, 0.1) is 26.7 Å². The van der Waals surface area contributed by atoms with Crippen LogP contribution in [0.5, 0.6) is 11.5 Å². The molecule has 6 nitrogen and oxygen atoms in total. The van der Waals surface area contributed by atoms with E-state index >= 15 is 0 Å². The average molecular weight is 319 g/mol. The number of nitrogens with one attached hydrogen (secondary N) is 1. The minimum absolute atomic E-state index is 0.129. The summed E-state index contributed by atoms with van der Waals surface area (Å²) in [6, 6.07) is 4.46. The van der Waals surface area contributed by atoms with Crippen LogP contribution < -0.4 is 14.8 Å². The van der Waals surface area contributed by atoms with E-state index in [1.54, 1.807) is 18.2 Å². The molecule has 1 amide bonds. The normalized spacial score (nSPS) is 15.2. The molecule has 0 spiro atoms. The van der Waals surface area contributed by atoms with Crippen molar-refractivity contribution in [3.63, 3.8) is 0 Å².